The van der Waals surface area contributed by atoms with Crippen LogP contribution in [-0.4, -0.2) is 39.8 Å². The van der Waals surface area contributed by atoms with Crippen LogP contribution in [-0.2, 0) is 16.0 Å². The van der Waals surface area contributed by atoms with E-state index in [0.717, 1.165) is 49.3 Å². The monoisotopic (exact) mass is 340 g/mol. The molecule has 0 spiro atoms. The fourth-order valence-corrected chi connectivity index (χ4v) is 3.27. The number of piperidine rings is 1. The van der Waals surface area contributed by atoms with E-state index >= 15 is 0 Å². The maximum atomic E-state index is 12.3. The third kappa shape index (κ3) is 4.92. The number of rotatable bonds is 5. The van der Waals surface area contributed by atoms with Gasteiger partial charge in [0.2, 0.25) is 11.8 Å². The number of nitrogens with one attached hydrogen (secondary N) is 2. The first kappa shape index (κ1) is 17.2. The van der Waals surface area contributed by atoms with Crippen LogP contribution in [0.15, 0.2) is 36.8 Å². The Hall–Kier alpha value is -2.63. The molecule has 1 saturated heterocycles. The first-order valence-corrected chi connectivity index (χ1v) is 8.71. The van der Waals surface area contributed by atoms with E-state index in [2.05, 4.69) is 15.3 Å². The largest absolute Gasteiger partial charge is 0.348 e. The third-order valence-corrected chi connectivity index (χ3v) is 4.64. The van der Waals surface area contributed by atoms with Crippen LogP contribution in [0.4, 0.5) is 5.69 Å². The van der Waals surface area contributed by atoms with Gasteiger partial charge in [-0.25, -0.2) is 4.98 Å². The van der Waals surface area contributed by atoms with Crippen molar-refractivity contribution in [2.24, 2.45) is 5.92 Å². The molecule has 0 radical (unpaired) electrons. The standard InChI is InChI=1S/C19H24N4O2/c1-14-3-2-4-16(9-14)22-18(24)11-19(25)23-7-5-15(6-8-23)10-17-12-20-13-21-17/h2-4,9,12-13,15H,5-8,10-11H2,1H3,(H,20,21)(H,22,24). The Kier molecular flexibility index (Phi) is 5.48. The van der Waals surface area contributed by atoms with E-state index in [9.17, 15) is 9.59 Å². The van der Waals surface area contributed by atoms with Crippen molar-refractivity contribution in [3.63, 3.8) is 0 Å². The molecule has 1 aliphatic heterocycles. The van der Waals surface area contributed by atoms with E-state index in [-0.39, 0.29) is 18.2 Å². The van der Waals surface area contributed by atoms with Gasteiger partial charge in [0.1, 0.15) is 6.42 Å². The van der Waals surface area contributed by atoms with E-state index < -0.39 is 0 Å². The molecule has 0 unspecified atom stereocenters. The van der Waals surface area contributed by atoms with E-state index in [1.54, 1.807) is 11.2 Å². The molecule has 0 aliphatic carbocycles. The van der Waals surface area contributed by atoms with Crippen molar-refractivity contribution in [2.75, 3.05) is 18.4 Å². The highest BCUT2D eigenvalue weighted by Gasteiger charge is 2.24. The summed E-state index contributed by atoms with van der Waals surface area (Å²) in [5.41, 5.74) is 2.95. The molecule has 1 aromatic carbocycles. The summed E-state index contributed by atoms with van der Waals surface area (Å²) in [4.78, 5) is 33.4. The third-order valence-electron chi connectivity index (χ3n) is 4.64. The van der Waals surface area contributed by atoms with Gasteiger partial charge >= 0.3 is 0 Å². The molecule has 25 heavy (non-hydrogen) atoms. The summed E-state index contributed by atoms with van der Waals surface area (Å²) in [6.45, 7) is 3.40. The molecule has 0 atom stereocenters. The minimum atomic E-state index is -0.254. The average Bonchev–Trinajstić information content (AvgIpc) is 3.08. The molecule has 2 amide bonds. The minimum Gasteiger partial charge on any atom is -0.348 e. The molecule has 0 bridgehead atoms. The predicted octanol–water partition coefficient (Wildman–Crippen LogP) is 2.53. The van der Waals surface area contributed by atoms with Crippen molar-refractivity contribution in [3.05, 3.63) is 48.0 Å². The van der Waals surface area contributed by atoms with Crippen LogP contribution in [0.2, 0.25) is 0 Å². The lowest BCUT2D eigenvalue weighted by atomic mass is 9.92. The lowest BCUT2D eigenvalue weighted by molar-refractivity contribution is -0.135. The first-order valence-electron chi connectivity index (χ1n) is 8.71. The Morgan fingerprint density at radius 1 is 1.32 bits per heavy atom. The number of aromatic amines is 1. The molecule has 6 nitrogen and oxygen atoms in total. The number of benzene rings is 1. The van der Waals surface area contributed by atoms with Crippen molar-refractivity contribution in [1.29, 1.82) is 0 Å². The second-order valence-corrected chi connectivity index (χ2v) is 6.70. The molecule has 1 aliphatic rings. The van der Waals surface area contributed by atoms with Crippen molar-refractivity contribution < 1.29 is 9.59 Å². The van der Waals surface area contributed by atoms with Gasteiger partial charge in [0.05, 0.1) is 6.33 Å². The normalized spacial score (nSPS) is 15.2. The van der Waals surface area contributed by atoms with Crippen LogP contribution in [0.25, 0.3) is 0 Å². The molecule has 132 valence electrons. The number of carbonyl (C=O) groups is 2. The molecular weight excluding hydrogens is 316 g/mol. The lowest BCUT2D eigenvalue weighted by Gasteiger charge is -2.31. The summed E-state index contributed by atoms with van der Waals surface area (Å²) in [6, 6.07) is 7.57. The number of nitrogens with zero attached hydrogens (tertiary/aromatic N) is 2. The molecule has 6 heteroatoms. The minimum absolute atomic E-state index is 0.0925. The Balaban J connectivity index is 1.43. The van der Waals surface area contributed by atoms with Gasteiger partial charge in [-0.05, 0) is 49.8 Å². The predicted molar refractivity (Wildman–Crippen MR) is 96.0 cm³/mol. The second kappa shape index (κ2) is 7.96. The highest BCUT2D eigenvalue weighted by Crippen LogP contribution is 2.21. The van der Waals surface area contributed by atoms with Gasteiger partial charge in [0, 0.05) is 30.7 Å². The number of aryl methyl sites for hydroxylation is 1. The molecule has 1 fully saturated rings. The van der Waals surface area contributed by atoms with E-state index in [0.29, 0.717) is 5.92 Å². The van der Waals surface area contributed by atoms with E-state index in [1.807, 2.05) is 37.4 Å². The molecule has 1 aromatic heterocycles. The van der Waals surface area contributed by atoms with E-state index in [1.165, 1.54) is 0 Å². The molecule has 0 saturated carbocycles. The number of aromatic nitrogens is 2. The van der Waals surface area contributed by atoms with Crippen LogP contribution in [0.5, 0.6) is 0 Å². The SMILES string of the molecule is Cc1cccc(NC(=O)CC(=O)N2CCC(Cc3cnc[nH]3)CC2)c1. The van der Waals surface area contributed by atoms with Crippen LogP contribution in [0.1, 0.15) is 30.5 Å². The number of carbonyl (C=O) groups excluding carboxylic acids is 2. The number of hydrogen-bond donors (Lipinski definition) is 2. The van der Waals surface area contributed by atoms with Crippen LogP contribution < -0.4 is 5.32 Å². The van der Waals surface area contributed by atoms with Crippen molar-refractivity contribution in [3.8, 4) is 0 Å². The maximum Gasteiger partial charge on any atom is 0.233 e. The first-order chi connectivity index (χ1) is 12.1. The van der Waals surface area contributed by atoms with Gasteiger partial charge in [0.15, 0.2) is 0 Å². The number of H-pyrrole nitrogens is 1. The van der Waals surface area contributed by atoms with Gasteiger partial charge in [-0.3, -0.25) is 9.59 Å². The van der Waals surface area contributed by atoms with Crippen molar-refractivity contribution >= 4 is 17.5 Å². The fraction of sp³-hybridized carbons (Fsp3) is 0.421. The van der Waals surface area contributed by atoms with Crippen molar-refractivity contribution in [2.45, 2.75) is 32.6 Å². The Labute approximate surface area is 147 Å². The molecule has 2 heterocycles. The van der Waals surface area contributed by atoms with Crippen LogP contribution in [0.3, 0.4) is 0 Å². The van der Waals surface area contributed by atoms with Gasteiger partial charge in [0.25, 0.3) is 0 Å². The molecule has 2 N–H and O–H groups in total. The van der Waals surface area contributed by atoms with Gasteiger partial charge in [-0.1, -0.05) is 12.1 Å². The van der Waals surface area contributed by atoms with Crippen LogP contribution in [0, 0.1) is 12.8 Å². The summed E-state index contributed by atoms with van der Waals surface area (Å²) in [6.07, 6.45) is 6.34. The van der Waals surface area contributed by atoms with Gasteiger partial charge in [-0.2, -0.15) is 0 Å². The summed E-state index contributed by atoms with van der Waals surface area (Å²) >= 11 is 0. The number of amides is 2. The Bertz CT molecular complexity index is 719. The lowest BCUT2D eigenvalue weighted by Crippen LogP contribution is -2.40. The average molecular weight is 340 g/mol. The highest BCUT2D eigenvalue weighted by molar-refractivity contribution is 6.03. The van der Waals surface area contributed by atoms with Gasteiger partial charge < -0.3 is 15.2 Å². The number of likely N-dealkylation sites (tertiary alicyclic amines) is 1. The van der Waals surface area contributed by atoms with Crippen LogP contribution >= 0.6 is 0 Å². The Morgan fingerprint density at radius 3 is 2.80 bits per heavy atom. The molecule has 3 rings (SSSR count). The van der Waals surface area contributed by atoms with Gasteiger partial charge in [-0.15, -0.1) is 0 Å². The zero-order chi connectivity index (χ0) is 17.6. The zero-order valence-electron chi connectivity index (χ0n) is 14.5. The maximum absolute atomic E-state index is 12.3. The zero-order valence-corrected chi connectivity index (χ0v) is 14.5. The summed E-state index contributed by atoms with van der Waals surface area (Å²) < 4.78 is 0. The summed E-state index contributed by atoms with van der Waals surface area (Å²) in [5.74, 6) is 0.214. The van der Waals surface area contributed by atoms with E-state index in [4.69, 9.17) is 0 Å². The topological polar surface area (TPSA) is 78.1 Å². The number of imidazole rings is 1. The smallest absolute Gasteiger partial charge is 0.233 e. The molecular formula is C19H24N4O2. The Morgan fingerprint density at radius 2 is 2.12 bits per heavy atom. The highest BCUT2D eigenvalue weighted by atomic mass is 16.2. The number of hydrogen-bond acceptors (Lipinski definition) is 3. The summed E-state index contributed by atoms with van der Waals surface area (Å²) in [5, 5.41) is 2.79. The molecule has 2 aromatic rings. The van der Waals surface area contributed by atoms with Crippen molar-refractivity contribution in [1.82, 2.24) is 14.9 Å². The quantitative estimate of drug-likeness (QED) is 0.821. The fourth-order valence-electron chi connectivity index (χ4n) is 3.27. The second-order valence-electron chi connectivity index (χ2n) is 6.70. The summed E-state index contributed by atoms with van der Waals surface area (Å²) in [7, 11) is 0. The number of anilines is 1.